The lowest BCUT2D eigenvalue weighted by molar-refractivity contribution is 0.595. The Hall–Kier alpha value is -2.08. The number of sulfonamides is 1. The van der Waals surface area contributed by atoms with E-state index in [4.69, 9.17) is 0 Å². The van der Waals surface area contributed by atoms with Crippen LogP contribution >= 0.6 is 0 Å². The quantitative estimate of drug-likeness (QED) is 0.809. The average molecular weight is 289 g/mol. The molecule has 3 rings (SSSR count). The summed E-state index contributed by atoms with van der Waals surface area (Å²) in [5.41, 5.74) is 3.52. The smallest absolute Gasteiger partial charge is 0.267 e. The molecule has 0 atom stereocenters. The highest BCUT2D eigenvalue weighted by atomic mass is 32.2. The first-order chi connectivity index (χ1) is 9.41. The van der Waals surface area contributed by atoms with Gasteiger partial charge in [0.05, 0.1) is 11.4 Å². The molecule has 0 amide bonds. The highest BCUT2D eigenvalue weighted by Gasteiger charge is 2.30. The van der Waals surface area contributed by atoms with Gasteiger partial charge in [0.15, 0.2) is 5.82 Å². The number of anilines is 3. The summed E-state index contributed by atoms with van der Waals surface area (Å²) in [6, 6.07) is 7.01. The van der Waals surface area contributed by atoms with Crippen LogP contribution in [0.1, 0.15) is 11.1 Å². The van der Waals surface area contributed by atoms with E-state index in [1.165, 1.54) is 4.31 Å². The molecule has 6 heteroatoms. The van der Waals surface area contributed by atoms with Crippen LogP contribution in [0.3, 0.4) is 0 Å². The number of hydrogen-bond acceptors (Lipinski definition) is 4. The lowest BCUT2D eigenvalue weighted by atomic mass is 10.1. The summed E-state index contributed by atoms with van der Waals surface area (Å²) in [6.45, 7) is 3.96. The monoisotopic (exact) mass is 289 g/mol. The van der Waals surface area contributed by atoms with Crippen LogP contribution < -0.4 is 9.62 Å². The van der Waals surface area contributed by atoms with E-state index in [-0.39, 0.29) is 4.90 Å². The molecule has 0 saturated carbocycles. The van der Waals surface area contributed by atoms with Crippen molar-refractivity contribution in [2.24, 2.45) is 0 Å². The van der Waals surface area contributed by atoms with Gasteiger partial charge in [-0.3, -0.25) is 4.31 Å². The van der Waals surface area contributed by atoms with E-state index in [9.17, 15) is 8.42 Å². The lowest BCUT2D eigenvalue weighted by Gasteiger charge is -2.20. The van der Waals surface area contributed by atoms with E-state index in [1.54, 1.807) is 25.4 Å². The van der Waals surface area contributed by atoms with Gasteiger partial charge in [-0.05, 0) is 49.2 Å². The first kappa shape index (κ1) is 12.9. The fraction of sp³-hybridized carbons (Fsp3) is 0.214. The summed E-state index contributed by atoms with van der Waals surface area (Å²) < 4.78 is 26.6. The zero-order valence-electron chi connectivity index (χ0n) is 11.5. The largest absolute Gasteiger partial charge is 0.337 e. The highest BCUT2D eigenvalue weighted by molar-refractivity contribution is 7.93. The molecule has 1 aromatic carbocycles. The second-order valence-electron chi connectivity index (χ2n) is 4.90. The molecule has 1 aromatic heterocycles. The van der Waals surface area contributed by atoms with Crippen LogP contribution in [0.5, 0.6) is 0 Å². The Balaban J connectivity index is 2.34. The first-order valence-electron chi connectivity index (χ1n) is 6.23. The molecule has 2 aromatic rings. The van der Waals surface area contributed by atoms with Gasteiger partial charge in [-0.25, -0.2) is 13.4 Å². The molecule has 104 valence electrons. The van der Waals surface area contributed by atoms with Gasteiger partial charge >= 0.3 is 0 Å². The zero-order valence-corrected chi connectivity index (χ0v) is 12.3. The summed E-state index contributed by atoms with van der Waals surface area (Å²) in [5.74, 6) is 0.362. The number of aryl methyl sites for hydroxylation is 2. The Morgan fingerprint density at radius 1 is 1.20 bits per heavy atom. The van der Waals surface area contributed by atoms with E-state index in [0.717, 1.165) is 16.8 Å². The molecule has 2 heterocycles. The van der Waals surface area contributed by atoms with E-state index in [0.29, 0.717) is 11.5 Å². The molecular weight excluding hydrogens is 274 g/mol. The first-order valence-corrected chi connectivity index (χ1v) is 7.67. The van der Waals surface area contributed by atoms with Gasteiger partial charge < -0.3 is 5.32 Å². The standard InChI is InChI=1S/C14H15N3O2S/c1-9-7-11-12(8-10(9)2)17(3)20(18,19)13-5-4-6-15-14(13)16-11/h4-8H,1-3H3,(H,15,16). The molecule has 0 unspecified atom stereocenters. The average Bonchev–Trinajstić information content (AvgIpc) is 2.48. The number of pyridine rings is 1. The Bertz CT molecular complexity index is 800. The lowest BCUT2D eigenvalue weighted by Crippen LogP contribution is -2.26. The Labute approximate surface area is 118 Å². The van der Waals surface area contributed by atoms with Crippen LogP contribution in [0.25, 0.3) is 0 Å². The maximum Gasteiger partial charge on any atom is 0.267 e. The predicted octanol–water partition coefficient (Wildman–Crippen LogP) is 2.58. The van der Waals surface area contributed by atoms with Gasteiger partial charge in [-0.2, -0.15) is 0 Å². The summed E-state index contributed by atoms with van der Waals surface area (Å²) in [7, 11) is -2.03. The third-order valence-electron chi connectivity index (χ3n) is 3.61. The third kappa shape index (κ3) is 1.76. The van der Waals surface area contributed by atoms with Crippen LogP contribution in [0.15, 0.2) is 35.4 Å². The minimum Gasteiger partial charge on any atom is -0.337 e. The number of benzene rings is 1. The van der Waals surface area contributed by atoms with Gasteiger partial charge in [0.2, 0.25) is 0 Å². The van der Waals surface area contributed by atoms with E-state index < -0.39 is 10.0 Å². The predicted molar refractivity (Wildman–Crippen MR) is 79.0 cm³/mol. The molecule has 1 aliphatic rings. The van der Waals surface area contributed by atoms with Crippen LogP contribution in [-0.2, 0) is 10.0 Å². The second-order valence-corrected chi connectivity index (χ2v) is 6.84. The zero-order chi connectivity index (χ0) is 14.5. The molecule has 0 saturated heterocycles. The van der Waals surface area contributed by atoms with E-state index >= 15 is 0 Å². The minimum absolute atomic E-state index is 0.189. The summed E-state index contributed by atoms with van der Waals surface area (Å²) in [5, 5.41) is 3.13. The van der Waals surface area contributed by atoms with Crippen LogP contribution in [0.2, 0.25) is 0 Å². The number of fused-ring (bicyclic) bond motifs is 2. The van der Waals surface area contributed by atoms with Crippen molar-refractivity contribution in [1.82, 2.24) is 4.98 Å². The van der Waals surface area contributed by atoms with Crippen LogP contribution in [-0.4, -0.2) is 20.4 Å². The Morgan fingerprint density at radius 3 is 2.65 bits per heavy atom. The number of aromatic nitrogens is 1. The van der Waals surface area contributed by atoms with Gasteiger partial charge in [-0.15, -0.1) is 0 Å². The van der Waals surface area contributed by atoms with Gasteiger partial charge in [-0.1, -0.05) is 0 Å². The van der Waals surface area contributed by atoms with E-state index in [2.05, 4.69) is 10.3 Å². The fourth-order valence-electron chi connectivity index (χ4n) is 2.26. The molecule has 0 aliphatic carbocycles. The van der Waals surface area contributed by atoms with Crippen molar-refractivity contribution in [3.8, 4) is 0 Å². The van der Waals surface area contributed by atoms with Gasteiger partial charge in [0.1, 0.15) is 4.90 Å². The van der Waals surface area contributed by atoms with Crippen LogP contribution in [0, 0.1) is 13.8 Å². The van der Waals surface area contributed by atoms with Gasteiger partial charge in [0.25, 0.3) is 10.0 Å². The van der Waals surface area contributed by atoms with Gasteiger partial charge in [0, 0.05) is 13.2 Å². The van der Waals surface area contributed by atoms with Crippen LogP contribution in [0.4, 0.5) is 17.2 Å². The Morgan fingerprint density at radius 2 is 1.90 bits per heavy atom. The summed E-state index contributed by atoms with van der Waals surface area (Å²) >= 11 is 0. The molecule has 0 bridgehead atoms. The maximum atomic E-state index is 12.6. The topological polar surface area (TPSA) is 62.3 Å². The number of hydrogen-bond donors (Lipinski definition) is 1. The number of rotatable bonds is 0. The molecular formula is C14H15N3O2S. The molecule has 0 fully saturated rings. The minimum atomic E-state index is -3.59. The summed E-state index contributed by atoms with van der Waals surface area (Å²) in [4.78, 5) is 4.33. The highest BCUT2D eigenvalue weighted by Crippen LogP contribution is 2.38. The van der Waals surface area contributed by atoms with Crippen molar-refractivity contribution in [2.75, 3.05) is 16.7 Å². The normalized spacial score (nSPS) is 15.8. The number of nitrogens with zero attached hydrogens (tertiary/aromatic N) is 2. The van der Waals surface area contributed by atoms with E-state index in [1.807, 2.05) is 26.0 Å². The molecule has 1 N–H and O–H groups in total. The van der Waals surface area contributed by atoms with Crippen molar-refractivity contribution >= 4 is 27.2 Å². The number of nitrogens with one attached hydrogen (secondary N) is 1. The molecule has 0 radical (unpaired) electrons. The van der Waals surface area contributed by atoms with Crippen molar-refractivity contribution in [3.63, 3.8) is 0 Å². The Kier molecular flexibility index (Phi) is 2.72. The molecule has 5 nitrogen and oxygen atoms in total. The molecule has 1 aliphatic heterocycles. The van der Waals surface area contributed by atoms with Crippen molar-refractivity contribution in [1.29, 1.82) is 0 Å². The van der Waals surface area contributed by atoms with Crippen molar-refractivity contribution < 1.29 is 8.42 Å². The molecule has 20 heavy (non-hydrogen) atoms. The SMILES string of the molecule is Cc1cc2c(cc1C)N(C)S(=O)(=O)c1cccnc1N2. The maximum absolute atomic E-state index is 12.6. The van der Waals surface area contributed by atoms with Crippen molar-refractivity contribution in [3.05, 3.63) is 41.6 Å². The fourth-order valence-corrected chi connectivity index (χ4v) is 3.56. The molecule has 0 spiro atoms. The third-order valence-corrected chi connectivity index (χ3v) is 5.42. The summed E-state index contributed by atoms with van der Waals surface area (Å²) in [6.07, 6.45) is 1.58. The second kappa shape index (κ2) is 4.21. The van der Waals surface area contributed by atoms with Crippen molar-refractivity contribution in [2.45, 2.75) is 18.7 Å².